The van der Waals surface area contributed by atoms with Crippen molar-refractivity contribution in [3.63, 3.8) is 0 Å². The summed E-state index contributed by atoms with van der Waals surface area (Å²) in [7, 11) is 0. The van der Waals surface area contributed by atoms with Gasteiger partial charge in [0, 0.05) is 5.39 Å². The van der Waals surface area contributed by atoms with Gasteiger partial charge < -0.3 is 16.2 Å². The third-order valence-corrected chi connectivity index (χ3v) is 3.33. The molecule has 0 saturated carbocycles. The standard InChI is InChI=1S/C17H17N5O/c1-10-3-5-12(6-4-10)23-13-7-8-15-14(9-13)11(2)20-17(21-15)22-16(18)19/h3-9H,1-2H3,(H4,18,19,20,21,22). The maximum Gasteiger partial charge on any atom is 0.253 e. The van der Waals surface area contributed by atoms with Crippen LogP contribution in [0.4, 0.5) is 5.95 Å². The van der Waals surface area contributed by atoms with Crippen LogP contribution < -0.4 is 16.2 Å². The Balaban J connectivity index is 1.97. The predicted molar refractivity (Wildman–Crippen MR) is 91.0 cm³/mol. The molecule has 6 heteroatoms. The third kappa shape index (κ3) is 3.37. The van der Waals surface area contributed by atoms with E-state index in [0.717, 1.165) is 28.1 Å². The maximum atomic E-state index is 5.87. The molecule has 0 aliphatic heterocycles. The minimum atomic E-state index is -0.0666. The second-order valence-corrected chi connectivity index (χ2v) is 5.24. The molecule has 2 aromatic carbocycles. The van der Waals surface area contributed by atoms with Gasteiger partial charge in [0.1, 0.15) is 11.5 Å². The third-order valence-electron chi connectivity index (χ3n) is 3.33. The fraction of sp³-hybridized carbons (Fsp3) is 0.118. The molecule has 0 aliphatic rings. The molecule has 1 aromatic heterocycles. The number of hydrogen-bond donors (Lipinski definition) is 2. The molecule has 0 aliphatic carbocycles. The van der Waals surface area contributed by atoms with Crippen molar-refractivity contribution in [2.45, 2.75) is 13.8 Å². The molecule has 0 unspecified atom stereocenters. The summed E-state index contributed by atoms with van der Waals surface area (Å²) in [6.07, 6.45) is 0. The fourth-order valence-electron chi connectivity index (χ4n) is 2.22. The van der Waals surface area contributed by atoms with Crippen molar-refractivity contribution in [2.75, 3.05) is 0 Å². The summed E-state index contributed by atoms with van der Waals surface area (Å²) in [4.78, 5) is 12.5. The molecular formula is C17H17N5O. The summed E-state index contributed by atoms with van der Waals surface area (Å²) in [6, 6.07) is 13.5. The Kier molecular flexibility index (Phi) is 3.80. The highest BCUT2D eigenvalue weighted by molar-refractivity contribution is 5.84. The minimum absolute atomic E-state index is 0.0666. The van der Waals surface area contributed by atoms with E-state index in [1.54, 1.807) is 0 Å². The van der Waals surface area contributed by atoms with Gasteiger partial charge >= 0.3 is 0 Å². The van der Waals surface area contributed by atoms with Gasteiger partial charge in [0.2, 0.25) is 0 Å². The topological polar surface area (TPSA) is 99.4 Å². The number of aliphatic imine (C=N–C) groups is 1. The number of nitrogens with zero attached hydrogens (tertiary/aromatic N) is 3. The Morgan fingerprint density at radius 2 is 1.65 bits per heavy atom. The van der Waals surface area contributed by atoms with Crippen molar-refractivity contribution < 1.29 is 4.74 Å². The lowest BCUT2D eigenvalue weighted by molar-refractivity contribution is 0.483. The molecule has 0 fully saturated rings. The van der Waals surface area contributed by atoms with Crippen LogP contribution in [0.2, 0.25) is 0 Å². The van der Waals surface area contributed by atoms with Crippen LogP contribution in [0.15, 0.2) is 47.5 Å². The van der Waals surface area contributed by atoms with E-state index in [9.17, 15) is 0 Å². The van der Waals surface area contributed by atoms with Crippen molar-refractivity contribution >= 4 is 22.8 Å². The van der Waals surface area contributed by atoms with E-state index < -0.39 is 0 Å². The number of nitrogens with two attached hydrogens (primary N) is 2. The lowest BCUT2D eigenvalue weighted by Crippen LogP contribution is -2.22. The van der Waals surface area contributed by atoms with E-state index in [2.05, 4.69) is 15.0 Å². The number of aromatic nitrogens is 2. The monoisotopic (exact) mass is 307 g/mol. The maximum absolute atomic E-state index is 5.87. The lowest BCUT2D eigenvalue weighted by atomic mass is 10.2. The smallest absolute Gasteiger partial charge is 0.253 e. The molecule has 0 atom stereocenters. The van der Waals surface area contributed by atoms with Gasteiger partial charge in [-0.05, 0) is 44.2 Å². The SMILES string of the molecule is Cc1ccc(Oc2ccc3nc(N=C(N)N)nc(C)c3c2)cc1. The summed E-state index contributed by atoms with van der Waals surface area (Å²) in [5, 5.41) is 0.893. The fourth-order valence-corrected chi connectivity index (χ4v) is 2.22. The van der Waals surface area contributed by atoms with Gasteiger partial charge in [0.05, 0.1) is 11.2 Å². The minimum Gasteiger partial charge on any atom is -0.457 e. The first-order chi connectivity index (χ1) is 11.0. The lowest BCUT2D eigenvalue weighted by Gasteiger charge is -2.08. The van der Waals surface area contributed by atoms with Gasteiger partial charge in [-0.3, -0.25) is 0 Å². The number of fused-ring (bicyclic) bond motifs is 1. The Morgan fingerprint density at radius 1 is 0.957 bits per heavy atom. The molecule has 1 heterocycles. The van der Waals surface area contributed by atoms with E-state index in [1.807, 2.05) is 56.3 Å². The molecule has 23 heavy (non-hydrogen) atoms. The second kappa shape index (κ2) is 5.92. The first kappa shape index (κ1) is 14.8. The highest BCUT2D eigenvalue weighted by Crippen LogP contribution is 2.27. The summed E-state index contributed by atoms with van der Waals surface area (Å²) in [6.45, 7) is 3.92. The molecule has 0 radical (unpaired) electrons. The number of ether oxygens (including phenoxy) is 1. The molecule has 3 rings (SSSR count). The van der Waals surface area contributed by atoms with Crippen molar-refractivity contribution in [1.82, 2.24) is 9.97 Å². The zero-order valence-electron chi connectivity index (χ0n) is 12.9. The zero-order chi connectivity index (χ0) is 16.4. The Labute approximate surface area is 133 Å². The van der Waals surface area contributed by atoms with Crippen molar-refractivity contribution in [2.24, 2.45) is 16.5 Å². The summed E-state index contributed by atoms with van der Waals surface area (Å²) < 4.78 is 5.87. The number of hydrogen-bond acceptors (Lipinski definition) is 4. The molecule has 0 saturated heterocycles. The Morgan fingerprint density at radius 3 is 2.35 bits per heavy atom. The molecular weight excluding hydrogens is 290 g/mol. The van der Waals surface area contributed by atoms with Gasteiger partial charge in [-0.25, -0.2) is 9.97 Å². The normalized spacial score (nSPS) is 10.5. The van der Waals surface area contributed by atoms with Gasteiger partial charge in [0.15, 0.2) is 5.96 Å². The van der Waals surface area contributed by atoms with Crippen LogP contribution in [0.3, 0.4) is 0 Å². The number of benzene rings is 2. The predicted octanol–water partition coefficient (Wildman–Crippen LogP) is 2.94. The van der Waals surface area contributed by atoms with E-state index >= 15 is 0 Å². The van der Waals surface area contributed by atoms with Crippen LogP contribution in [0.25, 0.3) is 10.9 Å². The van der Waals surface area contributed by atoms with Crippen LogP contribution >= 0.6 is 0 Å². The average molecular weight is 307 g/mol. The average Bonchev–Trinajstić information content (AvgIpc) is 2.50. The van der Waals surface area contributed by atoms with Gasteiger partial charge in [-0.2, -0.15) is 4.99 Å². The second-order valence-electron chi connectivity index (χ2n) is 5.24. The molecule has 0 bridgehead atoms. The van der Waals surface area contributed by atoms with E-state index in [-0.39, 0.29) is 11.9 Å². The first-order valence-corrected chi connectivity index (χ1v) is 7.14. The molecule has 6 nitrogen and oxygen atoms in total. The molecule has 3 aromatic rings. The van der Waals surface area contributed by atoms with Crippen LogP contribution in [-0.4, -0.2) is 15.9 Å². The van der Waals surface area contributed by atoms with Gasteiger partial charge in [-0.1, -0.05) is 17.7 Å². The Hall–Kier alpha value is -3.15. The first-order valence-electron chi connectivity index (χ1n) is 7.14. The van der Waals surface area contributed by atoms with Crippen molar-refractivity contribution in [3.8, 4) is 11.5 Å². The van der Waals surface area contributed by atoms with Crippen LogP contribution in [0, 0.1) is 13.8 Å². The number of guanidine groups is 1. The zero-order valence-corrected chi connectivity index (χ0v) is 12.9. The molecule has 0 amide bonds. The number of rotatable bonds is 3. The Bertz CT molecular complexity index is 883. The summed E-state index contributed by atoms with van der Waals surface area (Å²) in [5.74, 6) is 1.69. The molecule has 4 N–H and O–H groups in total. The van der Waals surface area contributed by atoms with Crippen LogP contribution in [0.1, 0.15) is 11.3 Å². The van der Waals surface area contributed by atoms with Crippen molar-refractivity contribution in [3.05, 3.63) is 53.7 Å². The van der Waals surface area contributed by atoms with Gasteiger partial charge in [0.25, 0.3) is 5.95 Å². The van der Waals surface area contributed by atoms with Crippen LogP contribution in [-0.2, 0) is 0 Å². The largest absolute Gasteiger partial charge is 0.457 e. The van der Waals surface area contributed by atoms with E-state index in [4.69, 9.17) is 16.2 Å². The van der Waals surface area contributed by atoms with Crippen molar-refractivity contribution in [1.29, 1.82) is 0 Å². The summed E-state index contributed by atoms with van der Waals surface area (Å²) in [5.41, 5.74) is 13.5. The summed E-state index contributed by atoms with van der Waals surface area (Å²) >= 11 is 0. The number of aryl methyl sites for hydroxylation is 2. The quantitative estimate of drug-likeness (QED) is 0.572. The van der Waals surface area contributed by atoms with E-state index in [1.165, 1.54) is 5.56 Å². The van der Waals surface area contributed by atoms with E-state index in [0.29, 0.717) is 0 Å². The molecule has 0 spiro atoms. The molecule has 116 valence electrons. The highest BCUT2D eigenvalue weighted by Gasteiger charge is 2.06. The van der Waals surface area contributed by atoms with Crippen LogP contribution in [0.5, 0.6) is 11.5 Å². The highest BCUT2D eigenvalue weighted by atomic mass is 16.5. The van der Waals surface area contributed by atoms with Gasteiger partial charge in [-0.15, -0.1) is 0 Å².